The van der Waals surface area contributed by atoms with Gasteiger partial charge in [0.15, 0.2) is 0 Å². The van der Waals surface area contributed by atoms with E-state index in [9.17, 15) is 4.79 Å². The molecular formula is C12H12N4O2. The zero-order chi connectivity index (χ0) is 12.8. The van der Waals surface area contributed by atoms with Crippen LogP contribution in [0.1, 0.15) is 6.42 Å². The molecule has 18 heavy (non-hydrogen) atoms. The third kappa shape index (κ3) is 3.24. The molecule has 0 bridgehead atoms. The number of hydrogen-bond acceptors (Lipinski definition) is 5. The van der Waals surface area contributed by atoms with Crippen LogP contribution in [0.2, 0.25) is 0 Å². The molecule has 92 valence electrons. The summed E-state index contributed by atoms with van der Waals surface area (Å²) >= 11 is 0. The second kappa shape index (κ2) is 5.72. The average molecular weight is 244 g/mol. The molecule has 0 fully saturated rings. The number of carbonyl (C=O) groups is 1. The third-order valence-corrected chi connectivity index (χ3v) is 2.27. The molecule has 0 aromatic carbocycles. The Balaban J connectivity index is 2.00. The van der Waals surface area contributed by atoms with E-state index in [1.54, 1.807) is 18.5 Å². The fraction of sp³-hybridized carbons (Fsp3) is 0.167. The highest BCUT2D eigenvalue weighted by Gasteiger charge is 2.01. The number of carboxylic acid groups (broad SMARTS) is 1. The number of pyridine rings is 1. The summed E-state index contributed by atoms with van der Waals surface area (Å²) in [5.74, 6) is -0.286. The van der Waals surface area contributed by atoms with E-state index in [4.69, 9.17) is 5.11 Å². The highest BCUT2D eigenvalue weighted by atomic mass is 16.4. The highest BCUT2D eigenvalue weighted by molar-refractivity contribution is 5.67. The van der Waals surface area contributed by atoms with E-state index in [0.717, 1.165) is 11.3 Å². The SMILES string of the molecule is O=C(O)CCNc1ccc(-c2cccnc2)nn1. The van der Waals surface area contributed by atoms with Crippen LogP contribution in [-0.4, -0.2) is 32.8 Å². The van der Waals surface area contributed by atoms with Crippen molar-refractivity contribution in [1.82, 2.24) is 15.2 Å². The summed E-state index contributed by atoms with van der Waals surface area (Å²) in [6, 6.07) is 7.30. The number of nitrogens with one attached hydrogen (secondary N) is 1. The van der Waals surface area contributed by atoms with Gasteiger partial charge in [-0.3, -0.25) is 9.78 Å². The number of aliphatic carboxylic acids is 1. The molecule has 0 radical (unpaired) electrons. The summed E-state index contributed by atoms with van der Waals surface area (Å²) in [5, 5.41) is 19.4. The summed E-state index contributed by atoms with van der Waals surface area (Å²) in [7, 11) is 0. The van der Waals surface area contributed by atoms with E-state index in [-0.39, 0.29) is 6.42 Å². The van der Waals surface area contributed by atoms with Crippen LogP contribution in [0.3, 0.4) is 0 Å². The summed E-state index contributed by atoms with van der Waals surface area (Å²) < 4.78 is 0. The lowest BCUT2D eigenvalue weighted by molar-refractivity contribution is -0.136. The Morgan fingerprint density at radius 2 is 2.17 bits per heavy atom. The van der Waals surface area contributed by atoms with Crippen LogP contribution in [-0.2, 0) is 4.79 Å². The molecule has 0 atom stereocenters. The molecule has 0 aliphatic heterocycles. The lowest BCUT2D eigenvalue weighted by Gasteiger charge is -2.03. The lowest BCUT2D eigenvalue weighted by atomic mass is 10.2. The van der Waals surface area contributed by atoms with Crippen LogP contribution < -0.4 is 5.32 Å². The average Bonchev–Trinajstić information content (AvgIpc) is 2.40. The number of aromatic nitrogens is 3. The molecule has 2 rings (SSSR count). The smallest absolute Gasteiger partial charge is 0.305 e. The molecule has 0 aliphatic carbocycles. The van der Waals surface area contributed by atoms with E-state index in [1.807, 2.05) is 18.2 Å². The molecule has 2 aromatic heterocycles. The normalized spacial score (nSPS) is 10.0. The van der Waals surface area contributed by atoms with Crippen molar-refractivity contribution in [3.63, 3.8) is 0 Å². The van der Waals surface area contributed by atoms with Crippen LogP contribution in [0.25, 0.3) is 11.3 Å². The molecule has 0 amide bonds. The molecule has 6 nitrogen and oxygen atoms in total. The zero-order valence-electron chi connectivity index (χ0n) is 9.58. The monoisotopic (exact) mass is 244 g/mol. The number of anilines is 1. The van der Waals surface area contributed by atoms with Crippen molar-refractivity contribution >= 4 is 11.8 Å². The standard InChI is InChI=1S/C12H12N4O2/c17-12(18)5-7-14-11-4-3-10(15-16-11)9-2-1-6-13-8-9/h1-4,6,8H,5,7H2,(H,14,16)(H,17,18). The van der Waals surface area contributed by atoms with E-state index in [2.05, 4.69) is 20.5 Å². The van der Waals surface area contributed by atoms with Crippen molar-refractivity contribution in [2.75, 3.05) is 11.9 Å². The van der Waals surface area contributed by atoms with E-state index >= 15 is 0 Å². The van der Waals surface area contributed by atoms with Crippen LogP contribution >= 0.6 is 0 Å². The topological polar surface area (TPSA) is 88.0 Å². The molecule has 2 N–H and O–H groups in total. The molecule has 0 aliphatic rings. The Labute approximate surface area is 104 Å². The summed E-state index contributed by atoms with van der Waals surface area (Å²) in [4.78, 5) is 14.3. The van der Waals surface area contributed by atoms with Crippen LogP contribution in [0.4, 0.5) is 5.82 Å². The van der Waals surface area contributed by atoms with E-state index in [0.29, 0.717) is 12.4 Å². The molecular weight excluding hydrogens is 232 g/mol. The van der Waals surface area contributed by atoms with Crippen molar-refractivity contribution in [2.24, 2.45) is 0 Å². The van der Waals surface area contributed by atoms with E-state index in [1.165, 1.54) is 0 Å². The van der Waals surface area contributed by atoms with Gasteiger partial charge in [0.2, 0.25) is 0 Å². The molecule has 6 heteroatoms. The molecule has 0 unspecified atom stereocenters. The maximum atomic E-state index is 10.3. The maximum Gasteiger partial charge on any atom is 0.305 e. The largest absolute Gasteiger partial charge is 0.481 e. The Morgan fingerprint density at radius 3 is 2.78 bits per heavy atom. The summed E-state index contributed by atoms with van der Waals surface area (Å²) in [6.45, 7) is 0.330. The third-order valence-electron chi connectivity index (χ3n) is 2.27. The predicted molar refractivity (Wildman–Crippen MR) is 66.0 cm³/mol. The Hall–Kier alpha value is -2.50. The van der Waals surface area contributed by atoms with Gasteiger partial charge in [-0.05, 0) is 24.3 Å². The lowest BCUT2D eigenvalue weighted by Crippen LogP contribution is -2.09. The number of nitrogens with zero attached hydrogens (tertiary/aromatic N) is 3. The van der Waals surface area contributed by atoms with Crippen molar-refractivity contribution in [3.05, 3.63) is 36.7 Å². The van der Waals surface area contributed by atoms with Crippen molar-refractivity contribution in [3.8, 4) is 11.3 Å². The minimum Gasteiger partial charge on any atom is -0.481 e. The maximum absolute atomic E-state index is 10.3. The molecule has 2 aromatic rings. The van der Waals surface area contributed by atoms with Crippen molar-refractivity contribution in [2.45, 2.75) is 6.42 Å². The van der Waals surface area contributed by atoms with Gasteiger partial charge in [0, 0.05) is 24.5 Å². The van der Waals surface area contributed by atoms with Gasteiger partial charge in [0.1, 0.15) is 5.82 Å². The van der Waals surface area contributed by atoms with Crippen LogP contribution in [0, 0.1) is 0 Å². The summed E-state index contributed by atoms with van der Waals surface area (Å²) in [5.41, 5.74) is 1.62. The summed E-state index contributed by atoms with van der Waals surface area (Å²) in [6.07, 6.45) is 3.45. The number of hydrogen-bond donors (Lipinski definition) is 2. The Morgan fingerprint density at radius 1 is 1.28 bits per heavy atom. The fourth-order valence-electron chi connectivity index (χ4n) is 1.39. The first-order valence-electron chi connectivity index (χ1n) is 5.45. The van der Waals surface area contributed by atoms with Crippen molar-refractivity contribution < 1.29 is 9.90 Å². The number of carboxylic acids is 1. The zero-order valence-corrected chi connectivity index (χ0v) is 9.58. The van der Waals surface area contributed by atoms with Gasteiger partial charge in [-0.25, -0.2) is 0 Å². The van der Waals surface area contributed by atoms with Gasteiger partial charge in [0.05, 0.1) is 12.1 Å². The van der Waals surface area contributed by atoms with Crippen LogP contribution in [0.15, 0.2) is 36.7 Å². The molecule has 0 saturated heterocycles. The van der Waals surface area contributed by atoms with E-state index < -0.39 is 5.97 Å². The second-order valence-corrected chi connectivity index (χ2v) is 3.62. The van der Waals surface area contributed by atoms with Gasteiger partial charge in [-0.15, -0.1) is 10.2 Å². The minimum atomic E-state index is -0.845. The van der Waals surface area contributed by atoms with Crippen LogP contribution in [0.5, 0.6) is 0 Å². The second-order valence-electron chi connectivity index (χ2n) is 3.62. The first kappa shape index (κ1) is 12.0. The molecule has 0 saturated carbocycles. The van der Waals surface area contributed by atoms with Gasteiger partial charge >= 0.3 is 5.97 Å². The predicted octanol–water partition coefficient (Wildman–Crippen LogP) is 1.43. The minimum absolute atomic E-state index is 0.0477. The Kier molecular flexibility index (Phi) is 3.80. The number of rotatable bonds is 5. The Bertz CT molecular complexity index is 513. The fourth-order valence-corrected chi connectivity index (χ4v) is 1.39. The first-order valence-corrected chi connectivity index (χ1v) is 5.45. The van der Waals surface area contributed by atoms with Gasteiger partial charge in [-0.1, -0.05) is 0 Å². The highest BCUT2D eigenvalue weighted by Crippen LogP contribution is 2.14. The quantitative estimate of drug-likeness (QED) is 0.827. The van der Waals surface area contributed by atoms with Gasteiger partial charge in [-0.2, -0.15) is 0 Å². The van der Waals surface area contributed by atoms with Gasteiger partial charge < -0.3 is 10.4 Å². The van der Waals surface area contributed by atoms with Gasteiger partial charge in [0.25, 0.3) is 0 Å². The molecule has 0 spiro atoms. The first-order chi connectivity index (χ1) is 8.75. The molecule has 2 heterocycles. The van der Waals surface area contributed by atoms with Crippen molar-refractivity contribution in [1.29, 1.82) is 0 Å².